The first-order valence-corrected chi connectivity index (χ1v) is 15.2. The maximum absolute atomic E-state index is 13.8. The van der Waals surface area contributed by atoms with E-state index >= 15 is 0 Å². The highest BCUT2D eigenvalue weighted by Gasteiger charge is 2.35. The summed E-state index contributed by atoms with van der Waals surface area (Å²) in [4.78, 5) is 25.9. The summed E-state index contributed by atoms with van der Waals surface area (Å²) in [6, 6.07) is 14.5. The van der Waals surface area contributed by atoms with E-state index in [0.29, 0.717) is 25.3 Å². The van der Waals surface area contributed by atoms with Crippen molar-refractivity contribution < 1.29 is 37.0 Å². The van der Waals surface area contributed by atoms with Crippen LogP contribution in [0.4, 0.5) is 10.5 Å². The zero-order chi connectivity index (χ0) is 29.8. The van der Waals surface area contributed by atoms with Crippen LogP contribution < -0.4 is 11.1 Å². The summed E-state index contributed by atoms with van der Waals surface area (Å²) in [7, 11) is -2.54. The molecule has 1 heterocycles. The fraction of sp³-hybridized carbons (Fsp3) is 0.517. The summed E-state index contributed by atoms with van der Waals surface area (Å²) in [5.74, 6) is -0.625. The van der Waals surface area contributed by atoms with Crippen molar-refractivity contribution in [3.8, 4) is 0 Å². The zero-order valence-corrected chi connectivity index (χ0v) is 24.7. The molecular formula is C29H41N3O8S. The topological polar surface area (TPSA) is 146 Å². The summed E-state index contributed by atoms with van der Waals surface area (Å²) in [6.07, 6.45) is -1.33. The van der Waals surface area contributed by atoms with E-state index in [2.05, 4.69) is 5.32 Å². The van der Waals surface area contributed by atoms with Crippen LogP contribution in [0.5, 0.6) is 0 Å². The predicted octanol–water partition coefficient (Wildman–Crippen LogP) is 2.99. The normalized spacial score (nSPS) is 16.9. The standard InChI is InChI=1S/C29H41N3O8S/c1-21(2)18-32(41(35,36)25-11-9-23(30)10-12-25)19-27(40-28(33)14-15-37-3)26(17-22-7-5-4-6-8-22)31-29(34)39-24-13-16-38-20-24/h4-12,21,24,26-27H,13-20,30H2,1-3H3,(H,31,34). The van der Waals surface area contributed by atoms with Crippen LogP contribution in [0.25, 0.3) is 0 Å². The van der Waals surface area contributed by atoms with Crippen LogP contribution in [0.1, 0.15) is 32.3 Å². The van der Waals surface area contributed by atoms with Crippen molar-refractivity contribution in [3.05, 3.63) is 60.2 Å². The van der Waals surface area contributed by atoms with Gasteiger partial charge in [-0.1, -0.05) is 44.2 Å². The van der Waals surface area contributed by atoms with Crippen molar-refractivity contribution in [2.24, 2.45) is 5.92 Å². The fourth-order valence-corrected chi connectivity index (χ4v) is 6.03. The molecule has 2 aromatic rings. The van der Waals surface area contributed by atoms with Gasteiger partial charge >= 0.3 is 12.1 Å². The number of nitrogens with one attached hydrogen (secondary N) is 1. The van der Waals surface area contributed by atoms with Crippen LogP contribution in [0.15, 0.2) is 59.5 Å². The van der Waals surface area contributed by atoms with Gasteiger partial charge in [-0.2, -0.15) is 4.31 Å². The predicted molar refractivity (Wildman–Crippen MR) is 154 cm³/mol. The largest absolute Gasteiger partial charge is 0.459 e. The summed E-state index contributed by atoms with van der Waals surface area (Å²) in [5, 5.41) is 2.85. The second-order valence-corrected chi connectivity index (χ2v) is 12.3. The van der Waals surface area contributed by atoms with Gasteiger partial charge in [-0.15, -0.1) is 0 Å². The first-order chi connectivity index (χ1) is 19.6. The molecule has 1 aliphatic heterocycles. The Balaban J connectivity index is 1.96. The molecule has 0 spiro atoms. The Labute approximate surface area is 242 Å². The Bertz CT molecular complexity index is 1200. The second kappa shape index (κ2) is 15.7. The van der Waals surface area contributed by atoms with E-state index in [9.17, 15) is 18.0 Å². The molecule has 3 N–H and O–H groups in total. The number of esters is 1. The van der Waals surface area contributed by atoms with Crippen LogP contribution in [-0.4, -0.2) is 83.1 Å². The Hall–Kier alpha value is -3.19. The number of benzene rings is 2. The van der Waals surface area contributed by atoms with Crippen LogP contribution in [-0.2, 0) is 40.2 Å². The Morgan fingerprint density at radius 2 is 1.80 bits per heavy atom. The van der Waals surface area contributed by atoms with Crippen LogP contribution in [0.2, 0.25) is 0 Å². The van der Waals surface area contributed by atoms with Crippen LogP contribution in [0, 0.1) is 5.92 Å². The van der Waals surface area contributed by atoms with E-state index < -0.39 is 40.3 Å². The highest BCUT2D eigenvalue weighted by Crippen LogP contribution is 2.22. The molecule has 1 saturated heterocycles. The lowest BCUT2D eigenvalue weighted by atomic mass is 10.0. The third-order valence-electron chi connectivity index (χ3n) is 6.48. The molecule has 1 amide bonds. The van der Waals surface area contributed by atoms with Gasteiger partial charge in [-0.3, -0.25) is 4.79 Å². The van der Waals surface area contributed by atoms with E-state index in [1.165, 1.54) is 35.7 Å². The highest BCUT2D eigenvalue weighted by atomic mass is 32.2. The van der Waals surface area contributed by atoms with E-state index in [1.54, 1.807) is 0 Å². The van der Waals surface area contributed by atoms with Crippen molar-refractivity contribution in [2.45, 2.75) is 56.3 Å². The number of carbonyl (C=O) groups excluding carboxylic acids is 2. The fourth-order valence-electron chi connectivity index (χ4n) is 4.41. The molecule has 0 aromatic heterocycles. The number of nitrogens with zero attached hydrogens (tertiary/aromatic N) is 1. The molecule has 226 valence electrons. The first kappa shape index (κ1) is 32.3. The van der Waals surface area contributed by atoms with Crippen molar-refractivity contribution in [1.82, 2.24) is 9.62 Å². The molecule has 3 rings (SSSR count). The molecule has 3 atom stereocenters. The average molecular weight is 592 g/mol. The Morgan fingerprint density at radius 1 is 1.10 bits per heavy atom. The number of hydrogen-bond acceptors (Lipinski definition) is 9. The summed E-state index contributed by atoms with van der Waals surface area (Å²) < 4.78 is 50.6. The number of amides is 1. The molecule has 0 aliphatic carbocycles. The number of rotatable bonds is 15. The molecule has 0 radical (unpaired) electrons. The molecule has 1 fully saturated rings. The second-order valence-electron chi connectivity index (χ2n) is 10.4. The summed E-state index contributed by atoms with van der Waals surface area (Å²) >= 11 is 0. The number of alkyl carbamates (subject to hydrolysis) is 1. The van der Waals surface area contributed by atoms with Gasteiger partial charge in [-0.25, -0.2) is 13.2 Å². The summed E-state index contributed by atoms with van der Waals surface area (Å²) in [5.41, 5.74) is 7.08. The number of sulfonamides is 1. The monoisotopic (exact) mass is 591 g/mol. The van der Waals surface area contributed by atoms with Gasteiger partial charge in [0, 0.05) is 25.8 Å². The van der Waals surface area contributed by atoms with Crippen molar-refractivity contribution in [3.63, 3.8) is 0 Å². The SMILES string of the molecule is COCCC(=O)OC(CN(CC(C)C)S(=O)(=O)c1ccc(N)cc1)C(Cc1ccccc1)NC(=O)OC1CCOC1. The van der Waals surface area contributed by atoms with E-state index in [-0.39, 0.29) is 43.4 Å². The molecule has 1 aliphatic rings. The van der Waals surface area contributed by atoms with E-state index in [0.717, 1.165) is 5.56 Å². The van der Waals surface area contributed by atoms with E-state index in [4.69, 9.17) is 24.7 Å². The minimum Gasteiger partial charge on any atom is -0.459 e. The quantitative estimate of drug-likeness (QED) is 0.236. The number of methoxy groups -OCH3 is 1. The zero-order valence-electron chi connectivity index (χ0n) is 23.9. The van der Waals surface area contributed by atoms with Crippen LogP contribution >= 0.6 is 0 Å². The molecule has 3 unspecified atom stereocenters. The van der Waals surface area contributed by atoms with Crippen molar-refractivity contribution in [2.75, 3.05) is 45.8 Å². The molecule has 41 heavy (non-hydrogen) atoms. The van der Waals surface area contributed by atoms with Gasteiger partial charge in [0.2, 0.25) is 10.0 Å². The first-order valence-electron chi connectivity index (χ1n) is 13.7. The lowest BCUT2D eigenvalue weighted by molar-refractivity contribution is -0.152. The van der Waals surface area contributed by atoms with Gasteiger partial charge in [-0.05, 0) is 42.2 Å². The Morgan fingerprint density at radius 3 is 2.41 bits per heavy atom. The van der Waals surface area contributed by atoms with Crippen LogP contribution in [0.3, 0.4) is 0 Å². The van der Waals surface area contributed by atoms with Gasteiger partial charge in [0.25, 0.3) is 0 Å². The third-order valence-corrected chi connectivity index (χ3v) is 8.32. The smallest absolute Gasteiger partial charge is 0.407 e. The number of hydrogen-bond donors (Lipinski definition) is 2. The average Bonchev–Trinajstić information content (AvgIpc) is 3.44. The molecular weight excluding hydrogens is 550 g/mol. The van der Waals surface area contributed by atoms with Gasteiger partial charge < -0.3 is 30.0 Å². The maximum Gasteiger partial charge on any atom is 0.407 e. The Kier molecular flexibility index (Phi) is 12.4. The van der Waals surface area contributed by atoms with Crippen molar-refractivity contribution in [1.29, 1.82) is 0 Å². The lowest BCUT2D eigenvalue weighted by Gasteiger charge is -2.33. The lowest BCUT2D eigenvalue weighted by Crippen LogP contribution is -2.53. The third kappa shape index (κ3) is 10.3. The van der Waals surface area contributed by atoms with E-state index in [1.807, 2.05) is 44.2 Å². The number of nitrogens with two attached hydrogens (primary N) is 1. The maximum atomic E-state index is 13.8. The molecule has 2 aromatic carbocycles. The summed E-state index contributed by atoms with van der Waals surface area (Å²) in [6.45, 7) is 4.67. The molecule has 0 saturated carbocycles. The number of carbonyl (C=O) groups is 2. The number of anilines is 1. The molecule has 11 nitrogen and oxygen atoms in total. The van der Waals surface area contributed by atoms with Gasteiger partial charge in [0.15, 0.2) is 0 Å². The minimum atomic E-state index is -4.01. The van der Waals surface area contributed by atoms with Gasteiger partial charge in [0.05, 0.1) is 43.7 Å². The molecule has 0 bridgehead atoms. The molecule has 12 heteroatoms. The van der Waals surface area contributed by atoms with Crippen molar-refractivity contribution >= 4 is 27.8 Å². The number of nitrogen functional groups attached to an aromatic ring is 1. The minimum absolute atomic E-state index is 0.0379. The highest BCUT2D eigenvalue weighted by molar-refractivity contribution is 7.89. The number of ether oxygens (including phenoxy) is 4. The van der Waals surface area contributed by atoms with Gasteiger partial charge in [0.1, 0.15) is 12.2 Å².